The van der Waals surface area contributed by atoms with Gasteiger partial charge in [0.05, 0.1) is 13.3 Å². The van der Waals surface area contributed by atoms with Gasteiger partial charge in [0.15, 0.2) is 11.6 Å². The Kier molecular flexibility index (Phi) is 5.25. The number of anilines is 1. The van der Waals surface area contributed by atoms with E-state index in [1.807, 2.05) is 30.3 Å². The van der Waals surface area contributed by atoms with E-state index in [9.17, 15) is 5.11 Å². The first-order valence-electron chi connectivity index (χ1n) is 7.42. The minimum atomic E-state index is 0.138. The average molecular weight is 399 g/mol. The van der Waals surface area contributed by atoms with Crippen LogP contribution in [-0.2, 0) is 0 Å². The maximum absolute atomic E-state index is 9.82. The minimum absolute atomic E-state index is 0.138. The molecule has 0 aliphatic heterocycles. The van der Waals surface area contributed by atoms with Gasteiger partial charge in [-0.15, -0.1) is 0 Å². The second-order valence-corrected chi connectivity index (χ2v) is 5.97. The second kappa shape index (κ2) is 7.76. The number of phenolic OH excluding ortho intramolecular Hbond substituents is 1. The van der Waals surface area contributed by atoms with Crippen LogP contribution in [0.25, 0.3) is 11.4 Å². The number of ether oxygens (including phenoxy) is 1. The van der Waals surface area contributed by atoms with Gasteiger partial charge >= 0.3 is 0 Å². The molecule has 0 aliphatic rings. The number of phenols is 1. The highest BCUT2D eigenvalue weighted by molar-refractivity contribution is 9.10. The number of nitrogens with one attached hydrogen (secondary N) is 1. The Hall–Kier alpha value is -2.93. The van der Waals surface area contributed by atoms with Crippen LogP contribution >= 0.6 is 15.9 Å². The highest BCUT2D eigenvalue weighted by atomic mass is 79.9. The van der Waals surface area contributed by atoms with Crippen molar-refractivity contribution < 1.29 is 9.84 Å². The van der Waals surface area contributed by atoms with Gasteiger partial charge in [-0.2, -0.15) is 10.1 Å². The van der Waals surface area contributed by atoms with Crippen LogP contribution in [0.5, 0.6) is 11.6 Å². The number of benzene rings is 2. The third-order valence-corrected chi connectivity index (χ3v) is 3.81. The zero-order chi connectivity index (χ0) is 17.6. The number of nitrogens with zero attached hydrogens (tertiary/aromatic N) is 3. The molecule has 25 heavy (non-hydrogen) atoms. The number of aromatic hydroxyl groups is 1. The summed E-state index contributed by atoms with van der Waals surface area (Å²) < 4.78 is 6.08. The largest absolute Gasteiger partial charge is 0.507 e. The van der Waals surface area contributed by atoms with E-state index in [2.05, 4.69) is 36.4 Å². The summed E-state index contributed by atoms with van der Waals surface area (Å²) in [7, 11) is 1.55. The van der Waals surface area contributed by atoms with Gasteiger partial charge in [-0.25, -0.2) is 4.98 Å². The highest BCUT2D eigenvalue weighted by Gasteiger charge is 2.07. The van der Waals surface area contributed by atoms with Crippen LogP contribution in [0.1, 0.15) is 5.56 Å². The van der Waals surface area contributed by atoms with Gasteiger partial charge in [0, 0.05) is 21.7 Å². The van der Waals surface area contributed by atoms with E-state index < -0.39 is 0 Å². The van der Waals surface area contributed by atoms with Crippen LogP contribution in [-0.4, -0.2) is 28.4 Å². The molecule has 0 fully saturated rings. The lowest BCUT2D eigenvalue weighted by Gasteiger charge is -2.07. The zero-order valence-electron chi connectivity index (χ0n) is 13.3. The SMILES string of the molecule is COc1cc(N/N=C/c2cc(Br)ccc2O)nc(-c2ccccc2)n1. The fourth-order valence-corrected chi connectivity index (χ4v) is 2.48. The van der Waals surface area contributed by atoms with Gasteiger partial charge in [-0.3, -0.25) is 5.43 Å². The zero-order valence-corrected chi connectivity index (χ0v) is 14.9. The molecule has 0 spiro atoms. The van der Waals surface area contributed by atoms with Crippen molar-refractivity contribution in [1.82, 2.24) is 9.97 Å². The molecule has 126 valence electrons. The number of hydrogen-bond acceptors (Lipinski definition) is 6. The first kappa shape index (κ1) is 16.9. The first-order valence-corrected chi connectivity index (χ1v) is 8.21. The summed E-state index contributed by atoms with van der Waals surface area (Å²) in [5, 5.41) is 13.9. The summed E-state index contributed by atoms with van der Waals surface area (Å²) >= 11 is 3.36. The van der Waals surface area contributed by atoms with Gasteiger partial charge in [-0.1, -0.05) is 46.3 Å². The van der Waals surface area contributed by atoms with Crippen molar-refractivity contribution in [3.8, 4) is 23.0 Å². The Bertz CT molecular complexity index is 901. The van der Waals surface area contributed by atoms with Gasteiger partial charge in [0.2, 0.25) is 5.88 Å². The van der Waals surface area contributed by atoms with Gasteiger partial charge < -0.3 is 9.84 Å². The Morgan fingerprint density at radius 1 is 1.12 bits per heavy atom. The van der Waals surface area contributed by atoms with Crippen molar-refractivity contribution >= 4 is 28.0 Å². The third kappa shape index (κ3) is 4.33. The average Bonchev–Trinajstić information content (AvgIpc) is 2.65. The molecule has 0 aliphatic carbocycles. The van der Waals surface area contributed by atoms with Crippen molar-refractivity contribution in [2.45, 2.75) is 0 Å². The van der Waals surface area contributed by atoms with Crippen LogP contribution in [0.15, 0.2) is 64.2 Å². The fraction of sp³-hybridized carbons (Fsp3) is 0.0556. The number of hydrogen-bond donors (Lipinski definition) is 2. The molecule has 0 radical (unpaired) electrons. The second-order valence-electron chi connectivity index (χ2n) is 5.06. The van der Waals surface area contributed by atoms with Gasteiger partial charge in [-0.05, 0) is 18.2 Å². The summed E-state index contributed by atoms with van der Waals surface area (Å²) in [4.78, 5) is 8.78. The third-order valence-electron chi connectivity index (χ3n) is 3.32. The fourth-order valence-electron chi connectivity index (χ4n) is 2.10. The van der Waals surface area contributed by atoms with E-state index in [0.717, 1.165) is 10.0 Å². The van der Waals surface area contributed by atoms with E-state index in [4.69, 9.17) is 4.74 Å². The lowest BCUT2D eigenvalue weighted by Crippen LogP contribution is -1.99. The lowest BCUT2D eigenvalue weighted by molar-refractivity contribution is 0.398. The summed E-state index contributed by atoms with van der Waals surface area (Å²) in [6.07, 6.45) is 1.51. The number of halogens is 1. The first-order chi connectivity index (χ1) is 12.2. The van der Waals surface area contributed by atoms with Gasteiger partial charge in [0.1, 0.15) is 5.75 Å². The highest BCUT2D eigenvalue weighted by Crippen LogP contribution is 2.22. The monoisotopic (exact) mass is 398 g/mol. The topological polar surface area (TPSA) is 79.6 Å². The standard InChI is InChI=1S/C18H15BrN4O2/c1-25-17-10-16(21-18(22-17)12-5-3-2-4-6-12)23-20-11-13-9-14(19)7-8-15(13)24/h2-11,24H,1H3,(H,21,22,23)/b20-11+. The molecule has 7 heteroatoms. The Morgan fingerprint density at radius 3 is 2.68 bits per heavy atom. The summed E-state index contributed by atoms with van der Waals surface area (Å²) in [5.41, 5.74) is 4.28. The van der Waals surface area contributed by atoms with Crippen LogP contribution in [0.2, 0.25) is 0 Å². The molecule has 0 saturated heterocycles. The van der Waals surface area contributed by atoms with Crippen molar-refractivity contribution in [1.29, 1.82) is 0 Å². The molecule has 2 aromatic carbocycles. The maximum Gasteiger partial charge on any atom is 0.218 e. The predicted molar refractivity (Wildman–Crippen MR) is 101 cm³/mol. The van der Waals surface area contributed by atoms with Crippen molar-refractivity contribution in [2.75, 3.05) is 12.5 Å². The molecule has 6 nitrogen and oxygen atoms in total. The van der Waals surface area contributed by atoms with Gasteiger partial charge in [0.25, 0.3) is 0 Å². The van der Waals surface area contributed by atoms with E-state index in [1.54, 1.807) is 31.4 Å². The number of methoxy groups -OCH3 is 1. The molecule has 0 atom stereocenters. The van der Waals surface area contributed by atoms with Crippen molar-refractivity contribution in [3.05, 3.63) is 64.6 Å². The van der Waals surface area contributed by atoms with Crippen molar-refractivity contribution in [3.63, 3.8) is 0 Å². The molecule has 1 heterocycles. The summed E-state index contributed by atoms with van der Waals surface area (Å²) in [6, 6.07) is 16.3. The minimum Gasteiger partial charge on any atom is -0.507 e. The lowest BCUT2D eigenvalue weighted by atomic mass is 10.2. The predicted octanol–water partition coefficient (Wildman–Crippen LogP) is 4.07. The van der Waals surface area contributed by atoms with Crippen LogP contribution in [0, 0.1) is 0 Å². The van der Waals surface area contributed by atoms with E-state index in [-0.39, 0.29) is 5.75 Å². The molecule has 1 aromatic heterocycles. The molecule has 0 saturated carbocycles. The molecular formula is C18H15BrN4O2. The molecule has 0 amide bonds. The molecule has 3 rings (SSSR count). The van der Waals surface area contributed by atoms with E-state index in [1.165, 1.54) is 6.21 Å². The molecular weight excluding hydrogens is 384 g/mol. The van der Waals surface area contributed by atoms with Crippen LogP contribution < -0.4 is 10.2 Å². The molecule has 2 N–H and O–H groups in total. The summed E-state index contributed by atoms with van der Waals surface area (Å²) in [6.45, 7) is 0. The Balaban J connectivity index is 1.85. The number of aromatic nitrogens is 2. The summed E-state index contributed by atoms with van der Waals surface area (Å²) in [5.74, 6) is 1.58. The van der Waals surface area contributed by atoms with E-state index >= 15 is 0 Å². The Labute approximate surface area is 153 Å². The number of rotatable bonds is 5. The quantitative estimate of drug-likeness (QED) is 0.500. The molecule has 0 unspecified atom stereocenters. The Morgan fingerprint density at radius 2 is 1.92 bits per heavy atom. The van der Waals surface area contributed by atoms with E-state index in [0.29, 0.717) is 23.1 Å². The van der Waals surface area contributed by atoms with Crippen molar-refractivity contribution in [2.24, 2.45) is 5.10 Å². The molecule has 0 bridgehead atoms. The van der Waals surface area contributed by atoms with Crippen LogP contribution in [0.4, 0.5) is 5.82 Å². The smallest absolute Gasteiger partial charge is 0.218 e. The molecule has 3 aromatic rings. The normalized spacial score (nSPS) is 10.8. The maximum atomic E-state index is 9.82. The number of hydrazone groups is 1. The van der Waals surface area contributed by atoms with Crippen LogP contribution in [0.3, 0.4) is 0 Å².